The van der Waals surface area contributed by atoms with E-state index in [0.717, 1.165) is 0 Å². The van der Waals surface area contributed by atoms with Crippen molar-refractivity contribution >= 4 is 83.9 Å². The van der Waals surface area contributed by atoms with Gasteiger partial charge in [-0.05, 0) is 111 Å². The quantitative estimate of drug-likeness (QED) is 0.197. The standard InChI is InChI=1S/C17H15I3O7S/c1-8-5-10(6-9(2)16(8)28(23,24)25)26-3-4-27-17(22)13-11(18)7-12(19)15(21)14(13)20/h5-7,21H,3-4H2,1-2H3,(H,23,24,25). The van der Waals surface area contributed by atoms with Gasteiger partial charge in [0, 0.05) is 3.57 Å². The molecule has 11 heteroatoms. The molecule has 2 aromatic rings. The summed E-state index contributed by atoms with van der Waals surface area (Å²) in [6, 6.07) is 4.66. The highest BCUT2D eigenvalue weighted by Gasteiger charge is 2.21. The van der Waals surface area contributed by atoms with E-state index in [2.05, 4.69) is 0 Å². The zero-order chi connectivity index (χ0) is 21.2. The smallest absolute Gasteiger partial charge is 0.340 e. The highest BCUT2D eigenvalue weighted by Crippen LogP contribution is 2.33. The maximum Gasteiger partial charge on any atom is 0.340 e. The molecule has 0 amide bonds. The van der Waals surface area contributed by atoms with E-state index in [4.69, 9.17) is 9.47 Å². The number of aryl methyl sites for hydroxylation is 2. The van der Waals surface area contributed by atoms with Crippen molar-refractivity contribution in [1.82, 2.24) is 0 Å². The molecule has 0 aliphatic rings. The third-order valence-electron chi connectivity index (χ3n) is 3.63. The Morgan fingerprint density at radius 3 is 2.14 bits per heavy atom. The van der Waals surface area contributed by atoms with E-state index < -0.39 is 16.1 Å². The Morgan fingerprint density at radius 1 is 1.04 bits per heavy atom. The van der Waals surface area contributed by atoms with Gasteiger partial charge in [-0.25, -0.2) is 4.79 Å². The predicted molar refractivity (Wildman–Crippen MR) is 128 cm³/mol. The van der Waals surface area contributed by atoms with Gasteiger partial charge in [-0.1, -0.05) is 0 Å². The Kier molecular flexibility index (Phi) is 8.20. The molecule has 0 aromatic heterocycles. The van der Waals surface area contributed by atoms with Crippen LogP contribution >= 0.6 is 67.8 Å². The number of carbonyl (C=O) groups excluding carboxylic acids is 1. The van der Waals surface area contributed by atoms with Gasteiger partial charge >= 0.3 is 5.97 Å². The second-order valence-electron chi connectivity index (χ2n) is 5.72. The van der Waals surface area contributed by atoms with E-state index in [-0.39, 0.29) is 23.9 Å². The fraction of sp³-hybridized carbons (Fsp3) is 0.235. The monoisotopic (exact) mass is 744 g/mol. The fourth-order valence-electron chi connectivity index (χ4n) is 2.53. The number of halogens is 3. The third kappa shape index (κ3) is 5.60. The molecule has 0 saturated carbocycles. The Bertz CT molecular complexity index is 1010. The van der Waals surface area contributed by atoms with E-state index in [0.29, 0.717) is 33.2 Å². The van der Waals surface area contributed by atoms with Crippen molar-refractivity contribution in [1.29, 1.82) is 0 Å². The number of ether oxygens (including phenoxy) is 2. The van der Waals surface area contributed by atoms with E-state index in [9.17, 15) is 22.9 Å². The van der Waals surface area contributed by atoms with E-state index in [1.165, 1.54) is 12.1 Å². The van der Waals surface area contributed by atoms with Crippen LogP contribution < -0.4 is 4.74 Å². The van der Waals surface area contributed by atoms with Gasteiger partial charge in [0.2, 0.25) is 0 Å². The normalized spacial score (nSPS) is 11.4. The van der Waals surface area contributed by atoms with Gasteiger partial charge in [-0.2, -0.15) is 8.42 Å². The molecule has 0 fully saturated rings. The van der Waals surface area contributed by atoms with Crippen LogP contribution in [0.25, 0.3) is 0 Å². The first-order chi connectivity index (χ1) is 12.9. The molecule has 0 bridgehead atoms. The molecule has 2 aromatic carbocycles. The van der Waals surface area contributed by atoms with E-state index in [1.54, 1.807) is 19.9 Å². The highest BCUT2D eigenvalue weighted by molar-refractivity contribution is 14.1. The van der Waals surface area contributed by atoms with E-state index in [1.807, 2.05) is 67.8 Å². The molecule has 2 N–H and O–H groups in total. The minimum absolute atomic E-state index is 0.0319. The summed E-state index contributed by atoms with van der Waals surface area (Å²) in [5.41, 5.74) is 1.00. The number of hydrogen-bond acceptors (Lipinski definition) is 6. The predicted octanol–water partition coefficient (Wildman–Crippen LogP) is 4.31. The third-order valence-corrected chi connectivity index (χ3v) is 7.51. The van der Waals surface area contributed by atoms with Crippen LogP contribution in [0.1, 0.15) is 21.5 Å². The van der Waals surface area contributed by atoms with Gasteiger partial charge in [-0.3, -0.25) is 4.55 Å². The second-order valence-corrected chi connectivity index (χ2v) is 10.5. The lowest BCUT2D eigenvalue weighted by Gasteiger charge is -2.13. The topological polar surface area (TPSA) is 110 Å². The number of aromatic hydroxyl groups is 1. The average Bonchev–Trinajstić information content (AvgIpc) is 2.55. The highest BCUT2D eigenvalue weighted by atomic mass is 127. The molecule has 0 atom stereocenters. The first-order valence-electron chi connectivity index (χ1n) is 7.68. The van der Waals surface area contributed by atoms with Crippen molar-refractivity contribution in [3.63, 3.8) is 0 Å². The van der Waals surface area contributed by atoms with Gasteiger partial charge in [0.15, 0.2) is 0 Å². The minimum atomic E-state index is -4.31. The molecule has 0 heterocycles. The Morgan fingerprint density at radius 2 is 1.61 bits per heavy atom. The van der Waals surface area contributed by atoms with Gasteiger partial charge in [0.05, 0.1) is 17.6 Å². The van der Waals surface area contributed by atoms with Crippen molar-refractivity contribution in [2.75, 3.05) is 13.2 Å². The molecule has 2 rings (SSSR count). The Balaban J connectivity index is 2.02. The summed E-state index contributed by atoms with van der Waals surface area (Å²) in [5, 5.41) is 10.0. The number of carbonyl (C=O) groups is 1. The second kappa shape index (κ2) is 9.61. The first-order valence-corrected chi connectivity index (χ1v) is 12.4. The molecule has 0 aliphatic carbocycles. The number of phenols is 1. The van der Waals surface area contributed by atoms with Crippen molar-refractivity contribution < 1.29 is 32.3 Å². The average molecular weight is 744 g/mol. The lowest BCUT2D eigenvalue weighted by atomic mass is 10.1. The summed E-state index contributed by atoms with van der Waals surface area (Å²) in [7, 11) is -4.31. The summed E-state index contributed by atoms with van der Waals surface area (Å²) in [6.07, 6.45) is 0. The number of hydrogen-bond donors (Lipinski definition) is 2. The van der Waals surface area contributed by atoms with Crippen molar-refractivity contribution in [2.45, 2.75) is 18.7 Å². The van der Waals surface area contributed by atoms with Gasteiger partial charge in [0.1, 0.15) is 24.7 Å². The van der Waals surface area contributed by atoms with Crippen LogP contribution in [0.15, 0.2) is 23.1 Å². The Hall–Kier alpha value is -0.390. The fourth-order valence-corrected chi connectivity index (χ4v) is 7.28. The first kappa shape index (κ1) is 23.9. The van der Waals surface area contributed by atoms with Crippen LogP contribution in [0.3, 0.4) is 0 Å². The van der Waals surface area contributed by atoms with Crippen molar-refractivity contribution in [2.24, 2.45) is 0 Å². The van der Waals surface area contributed by atoms with Gasteiger partial charge in [-0.15, -0.1) is 0 Å². The lowest BCUT2D eigenvalue weighted by Crippen LogP contribution is -2.15. The summed E-state index contributed by atoms with van der Waals surface area (Å²) >= 11 is 5.89. The molecular formula is C17H15I3O7S. The summed E-state index contributed by atoms with van der Waals surface area (Å²) in [5.74, 6) is -0.137. The van der Waals surface area contributed by atoms with Crippen molar-refractivity contribution in [3.05, 3.63) is 45.6 Å². The summed E-state index contributed by atoms with van der Waals surface area (Å²) in [4.78, 5) is 12.2. The van der Waals surface area contributed by atoms with Gasteiger partial charge in [0.25, 0.3) is 10.1 Å². The zero-order valence-corrected chi connectivity index (χ0v) is 21.9. The molecule has 0 unspecified atom stereocenters. The van der Waals surface area contributed by atoms with Crippen LogP contribution in [0.2, 0.25) is 0 Å². The number of esters is 1. The number of benzene rings is 2. The maximum atomic E-state index is 12.3. The SMILES string of the molecule is Cc1cc(OCCOC(=O)c2c(I)cc(I)c(O)c2I)cc(C)c1S(=O)(=O)O. The molecule has 28 heavy (non-hydrogen) atoms. The number of rotatable bonds is 6. The molecular weight excluding hydrogens is 729 g/mol. The van der Waals surface area contributed by atoms with Crippen molar-refractivity contribution in [3.8, 4) is 11.5 Å². The zero-order valence-electron chi connectivity index (χ0n) is 14.6. The van der Waals surface area contributed by atoms with E-state index >= 15 is 0 Å². The van der Waals surface area contributed by atoms with Crippen LogP contribution in [-0.2, 0) is 14.9 Å². The van der Waals surface area contributed by atoms with Crippen LogP contribution in [0.4, 0.5) is 0 Å². The van der Waals surface area contributed by atoms with Crippen LogP contribution in [0, 0.1) is 24.6 Å². The summed E-state index contributed by atoms with van der Waals surface area (Å²) < 4.78 is 44.5. The molecule has 7 nitrogen and oxygen atoms in total. The minimum Gasteiger partial charge on any atom is -0.506 e. The lowest BCUT2D eigenvalue weighted by molar-refractivity contribution is 0.0447. The molecule has 0 radical (unpaired) electrons. The molecule has 0 saturated heterocycles. The molecule has 0 aliphatic heterocycles. The molecule has 0 spiro atoms. The largest absolute Gasteiger partial charge is 0.506 e. The summed E-state index contributed by atoms with van der Waals surface area (Å²) in [6.45, 7) is 3.13. The Labute approximate surface area is 203 Å². The number of phenolic OH excluding ortho intramolecular Hbond substituents is 1. The van der Waals surface area contributed by atoms with Crippen LogP contribution in [0.5, 0.6) is 11.5 Å². The maximum absolute atomic E-state index is 12.3. The molecule has 152 valence electrons. The van der Waals surface area contributed by atoms with Gasteiger partial charge < -0.3 is 14.6 Å². The van der Waals surface area contributed by atoms with Crippen LogP contribution in [-0.4, -0.2) is 37.3 Å².